The van der Waals surface area contributed by atoms with E-state index in [-0.39, 0.29) is 5.70 Å². The molecular weight excluding hydrogens is 178 g/mol. The van der Waals surface area contributed by atoms with Crippen LogP contribution < -0.4 is 9.30 Å². The summed E-state index contributed by atoms with van der Waals surface area (Å²) in [5, 5.41) is 17.3. The highest BCUT2D eigenvalue weighted by atomic mass is 16.5. The molecule has 0 saturated heterocycles. The van der Waals surface area contributed by atoms with E-state index < -0.39 is 0 Å². The quantitative estimate of drug-likeness (QED) is 0.402. The molecule has 0 saturated carbocycles. The molecule has 0 aliphatic rings. The summed E-state index contributed by atoms with van der Waals surface area (Å²) in [5.74, 6) is 2.44. The van der Waals surface area contributed by atoms with Crippen molar-refractivity contribution in [1.29, 1.82) is 5.26 Å². The molecule has 4 nitrogen and oxygen atoms in total. The highest BCUT2D eigenvalue weighted by Gasteiger charge is 2.07. The van der Waals surface area contributed by atoms with Gasteiger partial charge in [0, 0.05) is 6.07 Å². The van der Waals surface area contributed by atoms with Gasteiger partial charge in [-0.1, -0.05) is 0 Å². The van der Waals surface area contributed by atoms with E-state index in [1.54, 1.807) is 36.5 Å². The number of pyridine rings is 1. The van der Waals surface area contributed by atoms with Crippen LogP contribution in [0.2, 0.25) is 0 Å². The van der Waals surface area contributed by atoms with E-state index in [1.165, 1.54) is 4.57 Å². The molecule has 0 atom stereocenters. The number of nitrogens with zero attached hydrogens (tertiary/aromatic N) is 3. The molecule has 1 rings (SSSR count). The number of ether oxygens (including phenoxy) is 1. The molecule has 4 heteroatoms. The van der Waals surface area contributed by atoms with Crippen molar-refractivity contribution in [3.63, 3.8) is 0 Å². The summed E-state index contributed by atoms with van der Waals surface area (Å²) in [4.78, 5) is 0. The SMILES string of the molecule is CCOc1ccc[n+](C(=C=[N-])C#N)c1. The van der Waals surface area contributed by atoms with Crippen molar-refractivity contribution in [3.05, 3.63) is 29.9 Å². The van der Waals surface area contributed by atoms with Crippen LogP contribution in [0.1, 0.15) is 6.92 Å². The number of aromatic nitrogens is 1. The highest BCUT2D eigenvalue weighted by molar-refractivity contribution is 5.84. The van der Waals surface area contributed by atoms with Gasteiger partial charge in [0.1, 0.15) is 0 Å². The van der Waals surface area contributed by atoms with Gasteiger partial charge < -0.3 is 10.1 Å². The van der Waals surface area contributed by atoms with Gasteiger partial charge in [-0.05, 0) is 13.0 Å². The number of allylic oxidation sites excluding steroid dienone is 1. The Morgan fingerprint density at radius 3 is 3.07 bits per heavy atom. The zero-order valence-corrected chi connectivity index (χ0v) is 7.77. The smallest absolute Gasteiger partial charge is 0.309 e. The average molecular weight is 187 g/mol. The summed E-state index contributed by atoms with van der Waals surface area (Å²) in [6.07, 6.45) is 3.23. The first-order valence-corrected chi connectivity index (χ1v) is 4.13. The van der Waals surface area contributed by atoms with Crippen LogP contribution in [-0.2, 0) is 0 Å². The van der Waals surface area contributed by atoms with Crippen LogP contribution in [0, 0.1) is 11.3 Å². The minimum Gasteiger partial charge on any atom is -0.757 e. The van der Waals surface area contributed by atoms with E-state index in [2.05, 4.69) is 0 Å². The second-order valence-corrected chi connectivity index (χ2v) is 2.45. The van der Waals surface area contributed by atoms with E-state index in [0.29, 0.717) is 12.4 Å². The summed E-state index contributed by atoms with van der Waals surface area (Å²) in [5.41, 5.74) is 0.0200. The van der Waals surface area contributed by atoms with Crippen LogP contribution in [0.25, 0.3) is 11.1 Å². The molecular formula is C10H9N3O. The number of nitriles is 1. The minimum absolute atomic E-state index is 0.0200. The molecule has 70 valence electrons. The highest BCUT2D eigenvalue weighted by Crippen LogP contribution is 2.05. The lowest BCUT2D eigenvalue weighted by atomic mass is 10.4. The maximum absolute atomic E-state index is 8.63. The Labute approximate surface area is 82.2 Å². The van der Waals surface area contributed by atoms with Crippen LogP contribution in [0.5, 0.6) is 5.75 Å². The van der Waals surface area contributed by atoms with E-state index in [4.69, 9.17) is 15.4 Å². The van der Waals surface area contributed by atoms with Crippen LogP contribution in [0.4, 0.5) is 0 Å². The molecule has 0 fully saturated rings. The molecule has 0 unspecified atom stereocenters. The fourth-order valence-corrected chi connectivity index (χ4v) is 0.985. The van der Waals surface area contributed by atoms with Gasteiger partial charge in [-0.3, -0.25) is 0 Å². The summed E-state index contributed by atoms with van der Waals surface area (Å²) in [6.45, 7) is 2.43. The lowest BCUT2D eigenvalue weighted by molar-refractivity contribution is -0.576. The third kappa shape index (κ3) is 2.19. The molecule has 0 amide bonds. The Bertz CT molecular complexity index is 414. The molecule has 0 N–H and O–H groups in total. The molecule has 0 aliphatic heterocycles. The Morgan fingerprint density at radius 1 is 1.71 bits per heavy atom. The minimum atomic E-state index is 0.0200. The summed E-state index contributed by atoms with van der Waals surface area (Å²) in [7, 11) is 0. The summed E-state index contributed by atoms with van der Waals surface area (Å²) >= 11 is 0. The molecule has 1 aromatic rings. The van der Waals surface area contributed by atoms with Crippen LogP contribution in [0.3, 0.4) is 0 Å². The first-order valence-electron chi connectivity index (χ1n) is 4.13. The van der Waals surface area contributed by atoms with Gasteiger partial charge in [0.2, 0.25) is 6.20 Å². The van der Waals surface area contributed by atoms with Crippen molar-refractivity contribution in [3.8, 4) is 11.8 Å². The second kappa shape index (κ2) is 4.80. The first-order chi connectivity index (χ1) is 6.81. The van der Waals surface area contributed by atoms with Crippen molar-refractivity contribution >= 4 is 11.6 Å². The van der Waals surface area contributed by atoms with Gasteiger partial charge in [0.15, 0.2) is 18.0 Å². The normalized spacial score (nSPS) is 8.57. The standard InChI is InChI=1S/C10H9N3O/c1-2-14-10-4-3-5-13(8-10)9(6-11)7-12/h3-5,8H,2H2,1H3. The van der Waals surface area contributed by atoms with E-state index in [9.17, 15) is 0 Å². The molecule has 0 aromatic carbocycles. The molecule has 1 aromatic heterocycles. The van der Waals surface area contributed by atoms with E-state index in [0.717, 1.165) is 0 Å². The lowest BCUT2D eigenvalue weighted by Crippen LogP contribution is -2.31. The van der Waals surface area contributed by atoms with Gasteiger partial charge in [-0.15, -0.1) is 4.57 Å². The van der Waals surface area contributed by atoms with Gasteiger partial charge in [-0.25, -0.2) is 0 Å². The Hall–Kier alpha value is -2.11. The Kier molecular flexibility index (Phi) is 3.42. The predicted octanol–water partition coefficient (Wildman–Crippen LogP) is 0.976. The van der Waals surface area contributed by atoms with Crippen molar-refractivity contribution in [2.45, 2.75) is 6.92 Å². The maximum atomic E-state index is 8.63. The number of hydrogen-bond donors (Lipinski definition) is 0. The summed E-state index contributed by atoms with van der Waals surface area (Å²) in [6, 6.07) is 5.29. The second-order valence-electron chi connectivity index (χ2n) is 2.45. The molecule has 14 heavy (non-hydrogen) atoms. The van der Waals surface area contributed by atoms with Crippen molar-refractivity contribution < 1.29 is 9.30 Å². The zero-order chi connectivity index (χ0) is 10.4. The Morgan fingerprint density at radius 2 is 2.50 bits per heavy atom. The summed E-state index contributed by atoms with van der Waals surface area (Å²) < 4.78 is 6.67. The molecule has 0 aliphatic carbocycles. The van der Waals surface area contributed by atoms with E-state index >= 15 is 0 Å². The Balaban J connectivity index is 3.06. The lowest BCUT2D eigenvalue weighted by Gasteiger charge is -1.99. The largest absolute Gasteiger partial charge is 0.757 e. The monoisotopic (exact) mass is 187 g/mol. The van der Waals surface area contributed by atoms with Gasteiger partial charge in [0.05, 0.1) is 6.61 Å². The van der Waals surface area contributed by atoms with Crippen molar-refractivity contribution in [2.24, 2.45) is 0 Å². The zero-order valence-electron chi connectivity index (χ0n) is 7.77. The molecule has 0 spiro atoms. The molecule has 1 heterocycles. The average Bonchev–Trinajstić information content (AvgIpc) is 2.21. The first kappa shape index (κ1) is 9.97. The van der Waals surface area contributed by atoms with Crippen LogP contribution >= 0.6 is 0 Å². The van der Waals surface area contributed by atoms with Gasteiger partial charge >= 0.3 is 5.70 Å². The van der Waals surface area contributed by atoms with Crippen molar-refractivity contribution in [2.75, 3.05) is 6.61 Å². The van der Waals surface area contributed by atoms with Crippen LogP contribution in [-0.4, -0.2) is 12.5 Å². The molecule has 0 bridgehead atoms. The van der Waals surface area contributed by atoms with Crippen LogP contribution in [0.15, 0.2) is 24.5 Å². The van der Waals surface area contributed by atoms with Crippen molar-refractivity contribution in [1.82, 2.24) is 0 Å². The topological polar surface area (TPSA) is 59.2 Å². The third-order valence-electron chi connectivity index (χ3n) is 1.55. The van der Waals surface area contributed by atoms with Gasteiger partial charge in [0.25, 0.3) is 0 Å². The maximum Gasteiger partial charge on any atom is 0.309 e. The number of rotatable bonds is 3. The van der Waals surface area contributed by atoms with Gasteiger partial charge in [-0.2, -0.15) is 11.1 Å². The predicted molar refractivity (Wildman–Crippen MR) is 51.5 cm³/mol. The number of hydrogen-bond acceptors (Lipinski definition) is 2. The fraction of sp³-hybridized carbons (Fsp3) is 0.200. The fourth-order valence-electron chi connectivity index (χ4n) is 0.985. The van der Waals surface area contributed by atoms with E-state index in [1.807, 2.05) is 6.92 Å². The molecule has 0 radical (unpaired) electrons. The third-order valence-corrected chi connectivity index (χ3v) is 1.55.